The second kappa shape index (κ2) is 47.7. The van der Waals surface area contributed by atoms with Crippen molar-refractivity contribution < 1.29 is 64.6 Å². The maximum Gasteiger partial charge on any atom is 0.220 e. The summed E-state index contributed by atoms with van der Waals surface area (Å²) in [7, 11) is 0. The zero-order valence-electron chi connectivity index (χ0n) is 47.7. The van der Waals surface area contributed by atoms with E-state index in [0.29, 0.717) is 12.8 Å². The number of carbonyl (C=O) groups excluding carboxylic acids is 1. The highest BCUT2D eigenvalue weighted by Crippen LogP contribution is 2.30. The summed E-state index contributed by atoms with van der Waals surface area (Å²) in [6.07, 6.45) is 43.2. The monoisotopic (exact) mass is 1080 g/mol. The van der Waals surface area contributed by atoms with Gasteiger partial charge in [-0.1, -0.05) is 217 Å². The van der Waals surface area contributed by atoms with E-state index in [1.165, 1.54) is 148 Å². The van der Waals surface area contributed by atoms with Crippen LogP contribution in [-0.2, 0) is 23.7 Å². The molecule has 0 spiro atoms. The minimum Gasteiger partial charge on any atom is -0.394 e. The molecule has 76 heavy (non-hydrogen) atoms. The predicted molar refractivity (Wildman–Crippen MR) is 304 cm³/mol. The predicted octanol–water partition coefficient (Wildman–Crippen LogP) is 10.8. The molecule has 0 aromatic rings. The minimum atomic E-state index is -1.79. The Labute approximate surface area is 461 Å². The van der Waals surface area contributed by atoms with E-state index < -0.39 is 86.8 Å². The van der Waals surface area contributed by atoms with Crippen LogP contribution >= 0.6 is 0 Å². The molecule has 2 aliphatic rings. The van der Waals surface area contributed by atoms with Gasteiger partial charge < -0.3 is 65.1 Å². The van der Waals surface area contributed by atoms with Gasteiger partial charge in [0.2, 0.25) is 5.91 Å². The van der Waals surface area contributed by atoms with Gasteiger partial charge in [0.15, 0.2) is 12.6 Å². The van der Waals surface area contributed by atoms with Crippen LogP contribution in [0.2, 0.25) is 0 Å². The van der Waals surface area contributed by atoms with E-state index >= 15 is 0 Å². The van der Waals surface area contributed by atoms with Gasteiger partial charge >= 0.3 is 0 Å². The van der Waals surface area contributed by atoms with Crippen LogP contribution in [0.3, 0.4) is 0 Å². The standard InChI is InChI=1S/C62H113NO13/c1-3-5-7-9-11-13-15-17-18-19-20-21-22-23-24-25-26-27-28-29-30-31-32-34-35-37-39-41-43-45-51(66)50(63-54(67)46-44-42-40-38-36-33-16-14-12-10-8-6-4-2)49-73-61-59(72)57(70)60(53(48-65)75-61)76-62-58(71)56(69)55(68)52(47-64)74-62/h14,16,30-31,35,37,43,45,50-53,55-62,64-66,68-72H,3-13,15,17-29,32-34,36,38-42,44,46-49H2,1-2H3,(H,63,67)/b16-14-,31-30+,37-35+,45-43+. The first-order valence-electron chi connectivity index (χ1n) is 30.9. The minimum absolute atomic E-state index is 0.259. The molecule has 1 amide bonds. The summed E-state index contributed by atoms with van der Waals surface area (Å²) in [5.41, 5.74) is 0. The molecular formula is C62H113NO13. The number of ether oxygens (including phenoxy) is 4. The maximum absolute atomic E-state index is 13.2. The summed E-state index contributed by atoms with van der Waals surface area (Å²) in [6.45, 7) is 2.76. The van der Waals surface area contributed by atoms with Crippen LogP contribution in [-0.4, -0.2) is 140 Å². The molecule has 0 aromatic heterocycles. The molecule has 2 rings (SSSR count). The van der Waals surface area contributed by atoms with Crippen molar-refractivity contribution in [3.05, 3.63) is 48.6 Å². The van der Waals surface area contributed by atoms with E-state index in [0.717, 1.165) is 64.2 Å². The molecule has 2 aliphatic heterocycles. The SMILES string of the molecule is CCCCCC/C=C\CCCCCCCC(=O)NC(COC1OC(CO)C(OC2OC(CO)C(O)C(O)C2O)C(O)C1O)C(O)/C=C/CC/C=C/CC/C=C/CCCCCCCCCCCCCCCCCCCCC. The molecule has 0 radical (unpaired) electrons. The number of aliphatic hydroxyl groups is 8. The van der Waals surface area contributed by atoms with Crippen molar-refractivity contribution in [1.29, 1.82) is 0 Å². The third kappa shape index (κ3) is 32.9. The summed E-state index contributed by atoms with van der Waals surface area (Å²) in [4.78, 5) is 13.2. The number of allylic oxidation sites excluding steroid dienone is 7. The largest absolute Gasteiger partial charge is 0.394 e. The normalized spacial score (nSPS) is 25.2. The van der Waals surface area contributed by atoms with Crippen LogP contribution in [0.25, 0.3) is 0 Å². The number of unbranched alkanes of at least 4 members (excludes halogenated alkanes) is 30. The summed E-state index contributed by atoms with van der Waals surface area (Å²) < 4.78 is 22.7. The smallest absolute Gasteiger partial charge is 0.220 e. The van der Waals surface area contributed by atoms with Gasteiger partial charge in [0.25, 0.3) is 0 Å². The van der Waals surface area contributed by atoms with Gasteiger partial charge in [-0.15, -0.1) is 0 Å². The van der Waals surface area contributed by atoms with Crippen LogP contribution in [0.15, 0.2) is 48.6 Å². The maximum atomic E-state index is 13.2. The fourth-order valence-corrected chi connectivity index (χ4v) is 9.97. The van der Waals surface area contributed by atoms with Crippen molar-refractivity contribution in [2.45, 2.75) is 319 Å². The van der Waals surface area contributed by atoms with Crippen LogP contribution in [0.4, 0.5) is 0 Å². The van der Waals surface area contributed by atoms with Gasteiger partial charge in [0, 0.05) is 6.42 Å². The van der Waals surface area contributed by atoms with Crippen molar-refractivity contribution in [2.24, 2.45) is 0 Å². The van der Waals surface area contributed by atoms with Crippen LogP contribution < -0.4 is 5.32 Å². The summed E-state index contributed by atoms with van der Waals surface area (Å²) in [6, 6.07) is -0.942. The first-order chi connectivity index (χ1) is 37.1. The van der Waals surface area contributed by atoms with E-state index in [1.807, 2.05) is 6.08 Å². The van der Waals surface area contributed by atoms with Crippen LogP contribution in [0.1, 0.15) is 245 Å². The molecule has 12 unspecified atom stereocenters. The van der Waals surface area contributed by atoms with Gasteiger partial charge in [-0.2, -0.15) is 0 Å². The third-order valence-electron chi connectivity index (χ3n) is 15.0. The molecule has 12 atom stereocenters. The second-order valence-corrected chi connectivity index (χ2v) is 21.8. The lowest BCUT2D eigenvalue weighted by atomic mass is 9.97. The average molecular weight is 1080 g/mol. The number of nitrogens with one attached hydrogen (secondary N) is 1. The zero-order chi connectivity index (χ0) is 55.3. The number of carbonyl (C=O) groups is 1. The highest BCUT2D eigenvalue weighted by Gasteiger charge is 2.51. The lowest BCUT2D eigenvalue weighted by Crippen LogP contribution is -2.65. The molecule has 444 valence electrons. The highest BCUT2D eigenvalue weighted by molar-refractivity contribution is 5.76. The Morgan fingerprint density at radius 1 is 0.461 bits per heavy atom. The van der Waals surface area contributed by atoms with Gasteiger partial charge in [-0.3, -0.25) is 4.79 Å². The number of rotatable bonds is 49. The van der Waals surface area contributed by atoms with Crippen molar-refractivity contribution in [3.8, 4) is 0 Å². The Morgan fingerprint density at radius 3 is 1.30 bits per heavy atom. The third-order valence-corrected chi connectivity index (χ3v) is 15.0. The van der Waals surface area contributed by atoms with Gasteiger partial charge in [-0.05, 0) is 70.6 Å². The Morgan fingerprint density at radius 2 is 0.842 bits per heavy atom. The van der Waals surface area contributed by atoms with Gasteiger partial charge in [-0.25, -0.2) is 0 Å². The molecule has 14 nitrogen and oxygen atoms in total. The number of hydrogen-bond donors (Lipinski definition) is 9. The van der Waals surface area contributed by atoms with E-state index in [9.17, 15) is 45.6 Å². The second-order valence-electron chi connectivity index (χ2n) is 21.8. The first-order valence-corrected chi connectivity index (χ1v) is 30.9. The fraction of sp³-hybridized carbons (Fsp3) is 0.855. The molecule has 0 aliphatic carbocycles. The van der Waals surface area contributed by atoms with Crippen molar-refractivity contribution in [1.82, 2.24) is 5.32 Å². The summed E-state index contributed by atoms with van der Waals surface area (Å²) >= 11 is 0. The molecule has 2 fully saturated rings. The van der Waals surface area contributed by atoms with E-state index in [1.54, 1.807) is 6.08 Å². The summed E-state index contributed by atoms with van der Waals surface area (Å²) in [5.74, 6) is -0.263. The van der Waals surface area contributed by atoms with E-state index in [2.05, 4.69) is 55.6 Å². The summed E-state index contributed by atoms with van der Waals surface area (Å²) in [5, 5.41) is 87.0. The Kier molecular flexibility index (Phi) is 44.0. The molecule has 0 saturated carbocycles. The lowest BCUT2D eigenvalue weighted by Gasteiger charge is -2.46. The molecule has 2 heterocycles. The van der Waals surface area contributed by atoms with Crippen LogP contribution in [0.5, 0.6) is 0 Å². The number of hydrogen-bond acceptors (Lipinski definition) is 13. The van der Waals surface area contributed by atoms with Gasteiger partial charge in [0.1, 0.15) is 48.8 Å². The van der Waals surface area contributed by atoms with Crippen molar-refractivity contribution in [3.63, 3.8) is 0 Å². The van der Waals surface area contributed by atoms with Gasteiger partial charge in [0.05, 0.1) is 32.0 Å². The quantitative estimate of drug-likeness (QED) is 0.0204. The van der Waals surface area contributed by atoms with Crippen molar-refractivity contribution in [2.75, 3.05) is 19.8 Å². The van der Waals surface area contributed by atoms with E-state index in [4.69, 9.17) is 18.9 Å². The van der Waals surface area contributed by atoms with E-state index in [-0.39, 0.29) is 18.9 Å². The highest BCUT2D eigenvalue weighted by atomic mass is 16.7. The number of aliphatic hydroxyl groups excluding tert-OH is 8. The molecule has 2 saturated heterocycles. The zero-order valence-corrected chi connectivity index (χ0v) is 47.7. The average Bonchev–Trinajstić information content (AvgIpc) is 3.42. The van der Waals surface area contributed by atoms with Crippen molar-refractivity contribution >= 4 is 5.91 Å². The topological polar surface area (TPSA) is 228 Å². The Hall–Kier alpha value is -2.05. The molecular weight excluding hydrogens is 967 g/mol. The molecule has 0 bridgehead atoms. The molecule has 14 heteroatoms. The first kappa shape index (κ1) is 70.1. The fourth-order valence-electron chi connectivity index (χ4n) is 9.97. The lowest BCUT2D eigenvalue weighted by molar-refractivity contribution is -0.359. The molecule has 9 N–H and O–H groups in total. The Bertz CT molecular complexity index is 1460. The van der Waals surface area contributed by atoms with Crippen LogP contribution in [0, 0.1) is 0 Å². The number of amides is 1. The Balaban J connectivity index is 1.73. The molecule has 0 aromatic carbocycles.